The standard InChI is InChI=1S/C13H16FN3O2/c1-8(12(18)19)7-16(2)13-15-10-5-4-9(14)6-11(10)17(13)3/h4-6,8H,7H2,1-3H3,(H,18,19). The fourth-order valence-corrected chi connectivity index (χ4v) is 2.06. The van der Waals surface area contributed by atoms with Gasteiger partial charge in [-0.05, 0) is 18.2 Å². The van der Waals surface area contributed by atoms with E-state index in [4.69, 9.17) is 5.11 Å². The highest BCUT2D eigenvalue weighted by atomic mass is 19.1. The zero-order valence-electron chi connectivity index (χ0n) is 11.1. The molecule has 0 amide bonds. The van der Waals surface area contributed by atoms with Crippen LogP contribution in [0.5, 0.6) is 0 Å². The summed E-state index contributed by atoms with van der Waals surface area (Å²) in [4.78, 5) is 17.0. The molecule has 1 atom stereocenters. The minimum Gasteiger partial charge on any atom is -0.481 e. The van der Waals surface area contributed by atoms with Crippen molar-refractivity contribution in [1.29, 1.82) is 0 Å². The third-order valence-corrected chi connectivity index (χ3v) is 3.13. The van der Waals surface area contributed by atoms with Crippen LogP contribution in [0.1, 0.15) is 6.92 Å². The van der Waals surface area contributed by atoms with Gasteiger partial charge in [0.2, 0.25) is 5.95 Å². The molecule has 0 fully saturated rings. The van der Waals surface area contributed by atoms with Crippen molar-refractivity contribution >= 4 is 23.0 Å². The summed E-state index contributed by atoms with van der Waals surface area (Å²) >= 11 is 0. The number of benzene rings is 1. The number of hydrogen-bond donors (Lipinski definition) is 1. The van der Waals surface area contributed by atoms with Gasteiger partial charge in [-0.15, -0.1) is 0 Å². The number of rotatable bonds is 4. The molecule has 1 unspecified atom stereocenters. The van der Waals surface area contributed by atoms with Crippen LogP contribution in [0.15, 0.2) is 18.2 Å². The van der Waals surface area contributed by atoms with E-state index in [1.807, 2.05) is 0 Å². The third-order valence-electron chi connectivity index (χ3n) is 3.13. The van der Waals surface area contributed by atoms with E-state index in [-0.39, 0.29) is 5.82 Å². The topological polar surface area (TPSA) is 58.4 Å². The van der Waals surface area contributed by atoms with Gasteiger partial charge < -0.3 is 14.6 Å². The van der Waals surface area contributed by atoms with Gasteiger partial charge in [0, 0.05) is 20.6 Å². The van der Waals surface area contributed by atoms with Gasteiger partial charge in [0.05, 0.1) is 17.0 Å². The van der Waals surface area contributed by atoms with E-state index >= 15 is 0 Å². The van der Waals surface area contributed by atoms with E-state index in [1.165, 1.54) is 12.1 Å². The maximum atomic E-state index is 13.2. The van der Waals surface area contributed by atoms with Gasteiger partial charge in [0.15, 0.2) is 0 Å². The number of aliphatic carboxylic acids is 1. The molecular formula is C13H16FN3O2. The molecule has 1 heterocycles. The van der Waals surface area contributed by atoms with Gasteiger partial charge >= 0.3 is 5.97 Å². The largest absolute Gasteiger partial charge is 0.481 e. The summed E-state index contributed by atoms with van der Waals surface area (Å²) < 4.78 is 15.0. The zero-order chi connectivity index (χ0) is 14.2. The molecule has 2 aromatic rings. The highest BCUT2D eigenvalue weighted by molar-refractivity contribution is 5.79. The molecule has 0 aliphatic heterocycles. The molecule has 1 N–H and O–H groups in total. The monoisotopic (exact) mass is 265 g/mol. The van der Waals surface area contributed by atoms with E-state index in [0.717, 1.165) is 0 Å². The molecule has 0 saturated carbocycles. The van der Waals surface area contributed by atoms with Crippen molar-refractivity contribution in [2.24, 2.45) is 13.0 Å². The smallest absolute Gasteiger partial charge is 0.308 e. The van der Waals surface area contributed by atoms with Crippen LogP contribution in [0.25, 0.3) is 11.0 Å². The van der Waals surface area contributed by atoms with Crippen LogP contribution in [0.3, 0.4) is 0 Å². The number of imidazole rings is 1. The Morgan fingerprint density at radius 1 is 1.58 bits per heavy atom. The second-order valence-corrected chi connectivity index (χ2v) is 4.72. The second-order valence-electron chi connectivity index (χ2n) is 4.72. The summed E-state index contributed by atoms with van der Waals surface area (Å²) in [5.41, 5.74) is 1.37. The molecule has 1 aromatic heterocycles. The Bertz CT molecular complexity index is 624. The van der Waals surface area contributed by atoms with Crippen LogP contribution in [-0.2, 0) is 11.8 Å². The highest BCUT2D eigenvalue weighted by Gasteiger charge is 2.18. The third kappa shape index (κ3) is 2.52. The summed E-state index contributed by atoms with van der Waals surface area (Å²) in [5.74, 6) is -1.05. The predicted octanol–water partition coefficient (Wildman–Crippen LogP) is 1.87. The Morgan fingerprint density at radius 2 is 2.26 bits per heavy atom. The first-order chi connectivity index (χ1) is 8.90. The quantitative estimate of drug-likeness (QED) is 0.916. The van der Waals surface area contributed by atoms with Crippen molar-refractivity contribution in [2.45, 2.75) is 6.92 Å². The SMILES string of the molecule is CC(CN(C)c1nc2ccc(F)cc2n1C)C(=O)O. The van der Waals surface area contributed by atoms with Gasteiger partial charge in [0.1, 0.15) is 5.82 Å². The number of hydrogen-bond acceptors (Lipinski definition) is 3. The van der Waals surface area contributed by atoms with Gasteiger partial charge in [-0.3, -0.25) is 4.79 Å². The van der Waals surface area contributed by atoms with Crippen LogP contribution >= 0.6 is 0 Å². The van der Waals surface area contributed by atoms with E-state index in [2.05, 4.69) is 4.98 Å². The van der Waals surface area contributed by atoms with E-state index in [1.54, 1.807) is 36.6 Å². The highest BCUT2D eigenvalue weighted by Crippen LogP contribution is 2.21. The number of carboxylic acid groups (broad SMARTS) is 1. The summed E-state index contributed by atoms with van der Waals surface area (Å²) in [5, 5.41) is 8.92. The van der Waals surface area contributed by atoms with Crippen molar-refractivity contribution in [3.05, 3.63) is 24.0 Å². The number of fused-ring (bicyclic) bond motifs is 1. The number of carbonyl (C=O) groups is 1. The Labute approximate surface area is 110 Å². The molecule has 1 aromatic carbocycles. The van der Waals surface area contributed by atoms with Crippen molar-refractivity contribution in [3.8, 4) is 0 Å². The molecule has 2 rings (SSSR count). The lowest BCUT2D eigenvalue weighted by molar-refractivity contribution is -0.140. The Morgan fingerprint density at radius 3 is 2.89 bits per heavy atom. The summed E-state index contributed by atoms with van der Waals surface area (Å²) in [7, 11) is 3.56. The number of carboxylic acids is 1. The van der Waals surface area contributed by atoms with E-state index < -0.39 is 11.9 Å². The number of anilines is 1. The lowest BCUT2D eigenvalue weighted by Gasteiger charge is -2.20. The molecule has 5 nitrogen and oxygen atoms in total. The Balaban J connectivity index is 2.34. The minimum atomic E-state index is -0.850. The molecule has 0 aliphatic rings. The van der Waals surface area contributed by atoms with Crippen LogP contribution < -0.4 is 4.90 Å². The molecule has 0 radical (unpaired) electrons. The lowest BCUT2D eigenvalue weighted by atomic mass is 10.2. The second kappa shape index (κ2) is 4.87. The maximum absolute atomic E-state index is 13.2. The first-order valence-electron chi connectivity index (χ1n) is 5.96. The van der Waals surface area contributed by atoms with Crippen LogP contribution in [-0.4, -0.2) is 34.2 Å². The number of nitrogens with zero attached hydrogens (tertiary/aromatic N) is 3. The van der Waals surface area contributed by atoms with Crippen LogP contribution in [0, 0.1) is 11.7 Å². The van der Waals surface area contributed by atoms with Gasteiger partial charge in [0.25, 0.3) is 0 Å². The molecule has 6 heteroatoms. The van der Waals surface area contributed by atoms with Crippen LogP contribution in [0.4, 0.5) is 10.3 Å². The van der Waals surface area contributed by atoms with Gasteiger partial charge in [-0.25, -0.2) is 9.37 Å². The average molecular weight is 265 g/mol. The molecular weight excluding hydrogens is 249 g/mol. The minimum absolute atomic E-state index is 0.316. The summed E-state index contributed by atoms with van der Waals surface area (Å²) in [6, 6.07) is 4.39. The van der Waals surface area contributed by atoms with Crippen molar-refractivity contribution in [1.82, 2.24) is 9.55 Å². The average Bonchev–Trinajstić information content (AvgIpc) is 2.66. The zero-order valence-corrected chi connectivity index (χ0v) is 11.1. The molecule has 102 valence electrons. The summed E-state index contributed by atoms with van der Waals surface area (Å²) in [6.07, 6.45) is 0. The van der Waals surface area contributed by atoms with Gasteiger partial charge in [-0.2, -0.15) is 0 Å². The normalized spacial score (nSPS) is 12.6. The number of halogens is 1. The fraction of sp³-hybridized carbons (Fsp3) is 0.385. The Hall–Kier alpha value is -2.11. The first kappa shape index (κ1) is 13.3. The van der Waals surface area contributed by atoms with Crippen molar-refractivity contribution in [3.63, 3.8) is 0 Å². The molecule has 0 spiro atoms. The molecule has 0 aliphatic carbocycles. The van der Waals surface area contributed by atoms with E-state index in [9.17, 15) is 9.18 Å². The maximum Gasteiger partial charge on any atom is 0.308 e. The molecule has 19 heavy (non-hydrogen) atoms. The van der Waals surface area contributed by atoms with E-state index in [0.29, 0.717) is 23.5 Å². The predicted molar refractivity (Wildman–Crippen MR) is 70.7 cm³/mol. The van der Waals surface area contributed by atoms with Crippen molar-refractivity contribution in [2.75, 3.05) is 18.5 Å². The molecule has 0 saturated heterocycles. The van der Waals surface area contributed by atoms with Gasteiger partial charge in [-0.1, -0.05) is 6.92 Å². The number of aryl methyl sites for hydroxylation is 1. The van der Waals surface area contributed by atoms with Crippen LogP contribution in [0.2, 0.25) is 0 Å². The molecule has 0 bridgehead atoms. The van der Waals surface area contributed by atoms with Crippen molar-refractivity contribution < 1.29 is 14.3 Å². The number of aromatic nitrogens is 2. The Kier molecular flexibility index (Phi) is 3.42. The first-order valence-corrected chi connectivity index (χ1v) is 5.96. The lowest BCUT2D eigenvalue weighted by Crippen LogP contribution is -2.30. The fourth-order valence-electron chi connectivity index (χ4n) is 2.06. The summed E-state index contributed by atoms with van der Waals surface area (Å²) in [6.45, 7) is 1.98.